The van der Waals surface area contributed by atoms with E-state index in [1.165, 1.54) is 0 Å². The Kier molecular flexibility index (Phi) is 2.90. The maximum absolute atomic E-state index is 5.12. The van der Waals surface area contributed by atoms with Crippen LogP contribution in [0.4, 0.5) is 11.5 Å². The summed E-state index contributed by atoms with van der Waals surface area (Å²) >= 11 is 0. The Bertz CT molecular complexity index is 381. The average molecular weight is 221 g/mol. The Morgan fingerprint density at radius 3 is 2.81 bits per heavy atom. The van der Waals surface area contributed by atoms with Crippen molar-refractivity contribution in [2.45, 2.75) is 20.3 Å². The molecule has 2 N–H and O–H groups in total. The van der Waals surface area contributed by atoms with Gasteiger partial charge in [0, 0.05) is 24.6 Å². The molecular weight excluding hydrogens is 202 g/mol. The summed E-state index contributed by atoms with van der Waals surface area (Å²) in [5.74, 6) is 1.53. The van der Waals surface area contributed by atoms with Gasteiger partial charge in [-0.05, 0) is 12.5 Å². The number of ether oxygens (including phenoxy) is 1. The third kappa shape index (κ3) is 2.05. The third-order valence-corrected chi connectivity index (χ3v) is 3.32. The molecule has 1 unspecified atom stereocenters. The predicted molar refractivity (Wildman–Crippen MR) is 66.2 cm³/mol. The Balaban J connectivity index is 2.24. The quantitative estimate of drug-likeness (QED) is 0.804. The van der Waals surface area contributed by atoms with Crippen molar-refractivity contribution in [3.8, 4) is 5.88 Å². The maximum atomic E-state index is 5.12. The number of aromatic nitrogens is 1. The highest BCUT2D eigenvalue weighted by atomic mass is 16.5. The van der Waals surface area contributed by atoms with Crippen molar-refractivity contribution in [3.63, 3.8) is 0 Å². The van der Waals surface area contributed by atoms with E-state index in [1.54, 1.807) is 7.11 Å². The Morgan fingerprint density at radius 1 is 1.38 bits per heavy atom. The first-order chi connectivity index (χ1) is 7.67. The Labute approximate surface area is 96.4 Å². The lowest BCUT2D eigenvalue weighted by molar-refractivity contribution is 0.360. The maximum Gasteiger partial charge on any atom is 0.215 e. The molecule has 1 aromatic rings. The molecule has 0 spiro atoms. The van der Waals surface area contributed by atoms with Crippen LogP contribution in [-0.2, 0) is 0 Å². The van der Waals surface area contributed by atoms with Gasteiger partial charge in [0.1, 0.15) is 0 Å². The molecule has 16 heavy (non-hydrogen) atoms. The number of methoxy groups -OCH3 is 1. The molecule has 2 rings (SSSR count). The molecule has 1 aromatic heterocycles. The highest BCUT2D eigenvalue weighted by Gasteiger charge is 2.25. The van der Waals surface area contributed by atoms with Crippen LogP contribution in [0.15, 0.2) is 12.1 Å². The van der Waals surface area contributed by atoms with E-state index in [-0.39, 0.29) is 5.41 Å². The van der Waals surface area contributed by atoms with Crippen molar-refractivity contribution >= 4 is 11.5 Å². The number of nitrogens with zero attached hydrogens (tertiary/aromatic N) is 1. The van der Waals surface area contributed by atoms with Gasteiger partial charge in [0.05, 0.1) is 12.8 Å². The van der Waals surface area contributed by atoms with Crippen molar-refractivity contribution in [2.24, 2.45) is 5.41 Å². The van der Waals surface area contributed by atoms with E-state index in [2.05, 4.69) is 29.5 Å². The lowest BCUT2D eigenvalue weighted by atomic mass is 9.88. The van der Waals surface area contributed by atoms with Crippen LogP contribution in [0.3, 0.4) is 0 Å². The second kappa shape index (κ2) is 4.20. The minimum Gasteiger partial charge on any atom is -0.481 e. The van der Waals surface area contributed by atoms with Crippen LogP contribution in [0.5, 0.6) is 5.88 Å². The van der Waals surface area contributed by atoms with E-state index >= 15 is 0 Å². The van der Waals surface area contributed by atoms with Gasteiger partial charge in [0.2, 0.25) is 5.88 Å². The van der Waals surface area contributed by atoms with Crippen LogP contribution >= 0.6 is 0 Å². The van der Waals surface area contributed by atoms with E-state index in [1.807, 2.05) is 12.1 Å². The molecule has 0 fully saturated rings. The number of pyridine rings is 1. The minimum atomic E-state index is 0.272. The van der Waals surface area contributed by atoms with Crippen molar-refractivity contribution in [1.82, 2.24) is 4.98 Å². The standard InChI is InChI=1S/C12H19N3O/c1-4-12(2)7-13-9-5-6-10(16-3)15-11(9)14-8-12/h5-6,13H,4,7-8H2,1-3H3,(H,14,15). The number of rotatable bonds is 2. The summed E-state index contributed by atoms with van der Waals surface area (Å²) in [6.45, 7) is 6.39. The molecule has 0 amide bonds. The molecule has 4 heteroatoms. The Hall–Kier alpha value is -1.45. The molecule has 88 valence electrons. The van der Waals surface area contributed by atoms with Gasteiger partial charge in [-0.2, -0.15) is 4.98 Å². The smallest absolute Gasteiger partial charge is 0.215 e. The number of hydrogen-bond donors (Lipinski definition) is 2. The molecule has 1 aliphatic rings. The van der Waals surface area contributed by atoms with Crippen LogP contribution in [0.2, 0.25) is 0 Å². The van der Waals surface area contributed by atoms with Crippen LogP contribution in [0.25, 0.3) is 0 Å². The van der Waals surface area contributed by atoms with Crippen molar-refractivity contribution in [2.75, 3.05) is 30.8 Å². The highest BCUT2D eigenvalue weighted by molar-refractivity contribution is 5.66. The molecule has 2 heterocycles. The number of hydrogen-bond acceptors (Lipinski definition) is 4. The number of nitrogens with one attached hydrogen (secondary N) is 2. The molecular formula is C12H19N3O. The summed E-state index contributed by atoms with van der Waals surface area (Å²) in [4.78, 5) is 4.40. The second-order valence-corrected chi connectivity index (χ2v) is 4.62. The minimum absolute atomic E-state index is 0.272. The second-order valence-electron chi connectivity index (χ2n) is 4.62. The average Bonchev–Trinajstić information content (AvgIpc) is 2.50. The van der Waals surface area contributed by atoms with Gasteiger partial charge in [-0.15, -0.1) is 0 Å². The molecule has 0 aliphatic carbocycles. The van der Waals surface area contributed by atoms with Gasteiger partial charge in [-0.25, -0.2) is 0 Å². The van der Waals surface area contributed by atoms with Crippen LogP contribution in [0, 0.1) is 5.41 Å². The first-order valence-corrected chi connectivity index (χ1v) is 5.70. The topological polar surface area (TPSA) is 46.2 Å². The zero-order valence-corrected chi connectivity index (χ0v) is 10.1. The third-order valence-electron chi connectivity index (χ3n) is 3.32. The summed E-state index contributed by atoms with van der Waals surface area (Å²) in [7, 11) is 1.63. The summed E-state index contributed by atoms with van der Waals surface area (Å²) in [6, 6.07) is 3.89. The first kappa shape index (κ1) is 11.0. The summed E-state index contributed by atoms with van der Waals surface area (Å²) in [5.41, 5.74) is 1.33. The van der Waals surface area contributed by atoms with Crippen molar-refractivity contribution < 1.29 is 4.74 Å². The molecule has 4 nitrogen and oxygen atoms in total. The largest absolute Gasteiger partial charge is 0.481 e. The van der Waals surface area contributed by atoms with Crippen LogP contribution in [0.1, 0.15) is 20.3 Å². The van der Waals surface area contributed by atoms with E-state index in [4.69, 9.17) is 4.74 Å². The van der Waals surface area contributed by atoms with Gasteiger partial charge in [-0.3, -0.25) is 0 Å². The van der Waals surface area contributed by atoms with E-state index in [0.29, 0.717) is 5.88 Å². The highest BCUT2D eigenvalue weighted by Crippen LogP contribution is 2.31. The molecule has 0 saturated heterocycles. The molecule has 1 aliphatic heterocycles. The number of fused-ring (bicyclic) bond motifs is 1. The zero-order chi connectivity index (χ0) is 11.6. The molecule has 1 atom stereocenters. The predicted octanol–water partition coefficient (Wildman–Crippen LogP) is 2.34. The van der Waals surface area contributed by atoms with Gasteiger partial charge in [0.25, 0.3) is 0 Å². The van der Waals surface area contributed by atoms with Crippen molar-refractivity contribution in [3.05, 3.63) is 12.1 Å². The fourth-order valence-corrected chi connectivity index (χ4v) is 1.75. The van der Waals surface area contributed by atoms with Gasteiger partial charge in [-0.1, -0.05) is 13.8 Å². The van der Waals surface area contributed by atoms with E-state index in [0.717, 1.165) is 31.0 Å². The molecule has 0 radical (unpaired) electrons. The van der Waals surface area contributed by atoms with Crippen LogP contribution < -0.4 is 15.4 Å². The van der Waals surface area contributed by atoms with Gasteiger partial charge >= 0.3 is 0 Å². The normalized spacial score (nSPS) is 23.7. The van der Waals surface area contributed by atoms with Gasteiger partial charge < -0.3 is 15.4 Å². The van der Waals surface area contributed by atoms with Gasteiger partial charge in [0.15, 0.2) is 5.82 Å². The zero-order valence-electron chi connectivity index (χ0n) is 10.1. The summed E-state index contributed by atoms with van der Waals surface area (Å²) < 4.78 is 5.12. The molecule has 0 bridgehead atoms. The fraction of sp³-hybridized carbons (Fsp3) is 0.583. The van der Waals surface area contributed by atoms with Crippen LogP contribution in [-0.4, -0.2) is 25.2 Å². The Morgan fingerprint density at radius 2 is 2.12 bits per heavy atom. The monoisotopic (exact) mass is 221 g/mol. The molecule has 0 aromatic carbocycles. The SMILES string of the molecule is CCC1(C)CNc2ccc(OC)nc2NC1. The number of anilines is 2. The first-order valence-electron chi connectivity index (χ1n) is 5.70. The summed E-state index contributed by atoms with van der Waals surface area (Å²) in [5, 5.41) is 6.83. The lowest BCUT2D eigenvalue weighted by Gasteiger charge is -2.25. The van der Waals surface area contributed by atoms with Crippen molar-refractivity contribution in [1.29, 1.82) is 0 Å². The molecule has 0 saturated carbocycles. The van der Waals surface area contributed by atoms with E-state index in [9.17, 15) is 0 Å². The fourth-order valence-electron chi connectivity index (χ4n) is 1.75. The summed E-state index contributed by atoms with van der Waals surface area (Å²) in [6.07, 6.45) is 1.14. The van der Waals surface area contributed by atoms with E-state index < -0.39 is 0 Å². The lowest BCUT2D eigenvalue weighted by Crippen LogP contribution is -2.30.